The predicted octanol–water partition coefficient (Wildman–Crippen LogP) is 3.26. The average molecular weight is 373 g/mol. The van der Waals surface area contributed by atoms with Gasteiger partial charge in [-0.1, -0.05) is 44.2 Å². The molecule has 6 nitrogen and oxygen atoms in total. The lowest BCUT2D eigenvalue weighted by atomic mass is 10.1. The van der Waals surface area contributed by atoms with Crippen LogP contribution in [0.1, 0.15) is 25.0 Å². The molecule has 0 bridgehead atoms. The summed E-state index contributed by atoms with van der Waals surface area (Å²) in [5, 5.41) is 2.88. The Labute approximate surface area is 154 Å². The zero-order chi connectivity index (χ0) is 18.7. The van der Waals surface area contributed by atoms with E-state index >= 15 is 0 Å². The minimum atomic E-state index is -3.46. The van der Waals surface area contributed by atoms with Gasteiger partial charge in [0.15, 0.2) is 0 Å². The molecule has 2 aromatic rings. The molecule has 1 aliphatic heterocycles. The summed E-state index contributed by atoms with van der Waals surface area (Å²) < 4.78 is 26.5. The molecule has 2 aromatic carbocycles. The standard InChI is InChI=1S/C19H23N3O3S/c1-3-22(4-2)26(24,25)17-11-9-15(10-12-17)13-21-14-16-7-5-6-8-18(16)20-19(21)23/h5-12H,3-4,13-14H2,1-2H3,(H,20,23). The van der Waals surface area contributed by atoms with Gasteiger partial charge in [0.2, 0.25) is 10.0 Å². The predicted molar refractivity (Wildman–Crippen MR) is 101 cm³/mol. The van der Waals surface area contributed by atoms with E-state index in [0.717, 1.165) is 16.8 Å². The third kappa shape index (κ3) is 3.59. The Bertz CT molecular complexity index is 891. The molecular formula is C19H23N3O3S. The molecule has 26 heavy (non-hydrogen) atoms. The van der Waals surface area contributed by atoms with E-state index in [1.807, 2.05) is 38.1 Å². The highest BCUT2D eigenvalue weighted by Gasteiger charge is 2.23. The van der Waals surface area contributed by atoms with Crippen LogP contribution in [0, 0.1) is 0 Å². The Morgan fingerprint density at radius 2 is 1.69 bits per heavy atom. The van der Waals surface area contributed by atoms with Crippen molar-refractivity contribution in [3.8, 4) is 0 Å². The van der Waals surface area contributed by atoms with Crippen LogP contribution in [0.25, 0.3) is 0 Å². The van der Waals surface area contributed by atoms with Gasteiger partial charge in [-0.25, -0.2) is 13.2 Å². The van der Waals surface area contributed by atoms with Crippen LogP contribution >= 0.6 is 0 Å². The molecule has 0 saturated carbocycles. The Kier molecular flexibility index (Phi) is 5.29. The van der Waals surface area contributed by atoms with Crippen molar-refractivity contribution in [2.75, 3.05) is 18.4 Å². The molecule has 0 radical (unpaired) electrons. The molecule has 0 spiro atoms. The first-order valence-corrected chi connectivity index (χ1v) is 10.1. The van der Waals surface area contributed by atoms with Gasteiger partial charge in [-0.15, -0.1) is 0 Å². The third-order valence-electron chi connectivity index (χ3n) is 4.55. The van der Waals surface area contributed by atoms with Crippen LogP contribution in [0.3, 0.4) is 0 Å². The Balaban J connectivity index is 1.75. The van der Waals surface area contributed by atoms with Crippen LogP contribution in [0.4, 0.5) is 10.5 Å². The molecule has 3 rings (SSSR count). The van der Waals surface area contributed by atoms with Gasteiger partial charge < -0.3 is 10.2 Å². The maximum absolute atomic E-state index is 12.5. The Morgan fingerprint density at radius 1 is 1.04 bits per heavy atom. The van der Waals surface area contributed by atoms with Crippen molar-refractivity contribution in [2.24, 2.45) is 0 Å². The smallest absolute Gasteiger partial charge is 0.316 e. The molecule has 1 heterocycles. The van der Waals surface area contributed by atoms with Crippen molar-refractivity contribution in [1.82, 2.24) is 9.21 Å². The maximum Gasteiger partial charge on any atom is 0.322 e. The van der Waals surface area contributed by atoms with E-state index in [2.05, 4.69) is 5.32 Å². The van der Waals surface area contributed by atoms with Gasteiger partial charge in [0.1, 0.15) is 0 Å². The Morgan fingerprint density at radius 3 is 2.35 bits per heavy atom. The summed E-state index contributed by atoms with van der Waals surface area (Å²) in [7, 11) is -3.46. The summed E-state index contributed by atoms with van der Waals surface area (Å²) in [6.07, 6.45) is 0. The van der Waals surface area contributed by atoms with Crippen molar-refractivity contribution in [2.45, 2.75) is 31.8 Å². The fourth-order valence-electron chi connectivity index (χ4n) is 3.08. The lowest BCUT2D eigenvalue weighted by molar-refractivity contribution is 0.204. The van der Waals surface area contributed by atoms with E-state index in [1.54, 1.807) is 29.2 Å². The van der Waals surface area contributed by atoms with Gasteiger partial charge in [-0.3, -0.25) is 0 Å². The van der Waals surface area contributed by atoms with Crippen LogP contribution in [0.15, 0.2) is 53.4 Å². The number of rotatable bonds is 6. The first kappa shape index (κ1) is 18.4. The molecule has 1 aliphatic rings. The van der Waals surface area contributed by atoms with Gasteiger partial charge in [0.05, 0.1) is 4.90 Å². The molecule has 0 aromatic heterocycles. The molecule has 1 N–H and O–H groups in total. The summed E-state index contributed by atoms with van der Waals surface area (Å²) in [6, 6.07) is 14.3. The molecule has 0 saturated heterocycles. The number of carbonyl (C=O) groups is 1. The summed E-state index contributed by atoms with van der Waals surface area (Å²) >= 11 is 0. The van der Waals surface area contributed by atoms with Crippen LogP contribution in [-0.4, -0.2) is 36.7 Å². The second-order valence-electron chi connectivity index (χ2n) is 6.18. The summed E-state index contributed by atoms with van der Waals surface area (Å²) in [4.78, 5) is 14.2. The second kappa shape index (κ2) is 7.47. The number of benzene rings is 2. The van der Waals surface area contributed by atoms with E-state index in [9.17, 15) is 13.2 Å². The third-order valence-corrected chi connectivity index (χ3v) is 6.61. The van der Waals surface area contributed by atoms with E-state index in [4.69, 9.17) is 0 Å². The fraction of sp³-hybridized carbons (Fsp3) is 0.316. The number of hydrogen-bond donors (Lipinski definition) is 1. The topological polar surface area (TPSA) is 69.7 Å². The van der Waals surface area contributed by atoms with Crippen molar-refractivity contribution >= 4 is 21.7 Å². The number of carbonyl (C=O) groups excluding carboxylic acids is 1. The van der Waals surface area contributed by atoms with Crippen molar-refractivity contribution in [3.05, 3.63) is 59.7 Å². The molecule has 7 heteroatoms. The summed E-state index contributed by atoms with van der Waals surface area (Å²) in [5.74, 6) is 0. The molecule has 0 aliphatic carbocycles. The fourth-order valence-corrected chi connectivity index (χ4v) is 4.54. The highest BCUT2D eigenvalue weighted by molar-refractivity contribution is 7.89. The maximum atomic E-state index is 12.5. The number of para-hydroxylation sites is 1. The monoisotopic (exact) mass is 373 g/mol. The molecule has 0 fully saturated rings. The van der Waals surface area contributed by atoms with Gasteiger partial charge in [0.25, 0.3) is 0 Å². The number of fused-ring (bicyclic) bond motifs is 1. The van der Waals surface area contributed by atoms with Crippen molar-refractivity contribution < 1.29 is 13.2 Å². The minimum absolute atomic E-state index is 0.150. The highest BCUT2D eigenvalue weighted by Crippen LogP contribution is 2.24. The van der Waals surface area contributed by atoms with Gasteiger partial charge in [-0.05, 0) is 29.3 Å². The first-order chi connectivity index (χ1) is 12.5. The molecule has 138 valence electrons. The van der Waals surface area contributed by atoms with Crippen molar-refractivity contribution in [1.29, 1.82) is 0 Å². The van der Waals surface area contributed by atoms with Crippen LogP contribution in [0.5, 0.6) is 0 Å². The van der Waals surface area contributed by atoms with Crippen LogP contribution in [0.2, 0.25) is 0 Å². The quantitative estimate of drug-likeness (QED) is 0.845. The van der Waals surface area contributed by atoms with E-state index < -0.39 is 10.0 Å². The number of sulfonamides is 1. The van der Waals surface area contributed by atoms with Gasteiger partial charge in [-0.2, -0.15) is 4.31 Å². The second-order valence-corrected chi connectivity index (χ2v) is 8.11. The normalized spacial score (nSPS) is 14.3. The van der Waals surface area contributed by atoms with Crippen LogP contribution in [-0.2, 0) is 23.1 Å². The van der Waals surface area contributed by atoms with E-state index in [-0.39, 0.29) is 10.9 Å². The zero-order valence-electron chi connectivity index (χ0n) is 15.0. The zero-order valence-corrected chi connectivity index (χ0v) is 15.8. The average Bonchev–Trinajstić information content (AvgIpc) is 2.63. The first-order valence-electron chi connectivity index (χ1n) is 8.68. The van der Waals surface area contributed by atoms with Gasteiger partial charge in [0, 0.05) is 31.9 Å². The number of nitrogens with one attached hydrogen (secondary N) is 1. The van der Waals surface area contributed by atoms with Crippen molar-refractivity contribution in [3.63, 3.8) is 0 Å². The number of amides is 2. The molecular weight excluding hydrogens is 350 g/mol. The van der Waals surface area contributed by atoms with E-state index in [0.29, 0.717) is 26.2 Å². The SMILES string of the molecule is CCN(CC)S(=O)(=O)c1ccc(CN2Cc3ccccc3NC2=O)cc1. The number of nitrogens with zero attached hydrogens (tertiary/aromatic N) is 2. The van der Waals surface area contributed by atoms with Crippen LogP contribution < -0.4 is 5.32 Å². The molecule has 0 unspecified atom stereocenters. The largest absolute Gasteiger partial charge is 0.322 e. The summed E-state index contributed by atoms with van der Waals surface area (Å²) in [5.41, 5.74) is 2.79. The number of hydrogen-bond acceptors (Lipinski definition) is 3. The highest BCUT2D eigenvalue weighted by atomic mass is 32.2. The Hall–Kier alpha value is -2.38. The molecule has 0 atom stereocenters. The lowest BCUT2D eigenvalue weighted by Crippen LogP contribution is -2.38. The molecule has 2 amide bonds. The lowest BCUT2D eigenvalue weighted by Gasteiger charge is -2.29. The summed E-state index contributed by atoms with van der Waals surface area (Å²) in [6.45, 7) is 5.47. The van der Waals surface area contributed by atoms with Gasteiger partial charge >= 0.3 is 6.03 Å². The number of anilines is 1. The number of urea groups is 1. The minimum Gasteiger partial charge on any atom is -0.316 e. The van der Waals surface area contributed by atoms with E-state index in [1.165, 1.54) is 4.31 Å².